The van der Waals surface area contributed by atoms with Crippen LogP contribution in [0.4, 0.5) is 0 Å². The van der Waals surface area contributed by atoms with E-state index in [-0.39, 0.29) is 0 Å². The fraction of sp³-hybridized carbons (Fsp3) is 0.600. The minimum atomic E-state index is -2.86. The van der Waals surface area contributed by atoms with Crippen LogP contribution in [0, 0.1) is 0 Å². The SMILES string of the molecule is C[SiH](C)[CH](c1ccccc1)[Sn]([CH]1CCCCC1)([CH]1CCCCC1)[CH](c1ccccc1)[SiH](C)C. The average Bonchev–Trinajstić information content (AvgIpc) is 2.85. The Hall–Kier alpha value is -0.328. The van der Waals surface area contributed by atoms with Crippen LogP contribution >= 0.6 is 0 Å². The topological polar surface area (TPSA) is 0 Å². The molecule has 0 N–H and O–H groups in total. The van der Waals surface area contributed by atoms with Crippen molar-refractivity contribution >= 4 is 36.0 Å². The molecule has 2 aliphatic carbocycles. The molecule has 4 rings (SSSR count). The summed E-state index contributed by atoms with van der Waals surface area (Å²) in [6, 6.07) is 24.2. The van der Waals surface area contributed by atoms with Gasteiger partial charge in [0, 0.05) is 0 Å². The third kappa shape index (κ3) is 5.43. The molecule has 180 valence electrons. The molecule has 2 aromatic rings. The Morgan fingerprint density at radius 1 is 0.545 bits per heavy atom. The molecule has 0 amide bonds. The Morgan fingerprint density at radius 3 is 1.18 bits per heavy atom. The summed E-state index contributed by atoms with van der Waals surface area (Å²) in [7, 11) is -1.77. The number of hydrogen-bond acceptors (Lipinski definition) is 0. The molecular weight excluding hydrogens is 535 g/mol. The Bertz CT molecular complexity index is 751. The van der Waals surface area contributed by atoms with E-state index in [9.17, 15) is 0 Å². The van der Waals surface area contributed by atoms with Crippen LogP contribution in [0.2, 0.25) is 34.1 Å². The van der Waals surface area contributed by atoms with Gasteiger partial charge in [0.2, 0.25) is 0 Å². The quantitative estimate of drug-likeness (QED) is 0.273. The van der Waals surface area contributed by atoms with Gasteiger partial charge in [-0.25, -0.2) is 0 Å². The predicted molar refractivity (Wildman–Crippen MR) is 156 cm³/mol. The maximum absolute atomic E-state index is 2.86. The number of rotatable bonds is 8. The van der Waals surface area contributed by atoms with Crippen molar-refractivity contribution in [2.75, 3.05) is 0 Å². The fourth-order valence-corrected chi connectivity index (χ4v) is 65.5. The zero-order valence-electron chi connectivity index (χ0n) is 21.8. The van der Waals surface area contributed by atoms with Gasteiger partial charge in [0.1, 0.15) is 0 Å². The molecule has 0 nitrogen and oxygen atoms in total. The monoisotopic (exact) mass is 584 g/mol. The summed E-state index contributed by atoms with van der Waals surface area (Å²) in [4.78, 5) is 0. The summed E-state index contributed by atoms with van der Waals surface area (Å²) in [6.07, 6.45) is 15.3. The molecule has 33 heavy (non-hydrogen) atoms. The van der Waals surface area contributed by atoms with Crippen LogP contribution < -0.4 is 0 Å². The summed E-state index contributed by atoms with van der Waals surface area (Å²) in [5.74, 6) is 0. The van der Waals surface area contributed by atoms with Crippen LogP contribution in [0.25, 0.3) is 0 Å². The Morgan fingerprint density at radius 2 is 0.879 bits per heavy atom. The fourth-order valence-electron chi connectivity index (χ4n) is 8.57. The first-order chi connectivity index (χ1) is 16.1. The molecule has 2 aromatic carbocycles. The van der Waals surface area contributed by atoms with Gasteiger partial charge in [-0.3, -0.25) is 0 Å². The number of hydrogen-bond donors (Lipinski definition) is 0. The van der Waals surface area contributed by atoms with E-state index in [0.717, 1.165) is 15.0 Å². The van der Waals surface area contributed by atoms with E-state index in [1.54, 1.807) is 36.8 Å². The van der Waals surface area contributed by atoms with Gasteiger partial charge < -0.3 is 0 Å². The van der Waals surface area contributed by atoms with Gasteiger partial charge in [0.05, 0.1) is 0 Å². The van der Waals surface area contributed by atoms with Crippen molar-refractivity contribution in [1.82, 2.24) is 0 Å². The van der Waals surface area contributed by atoms with Gasteiger partial charge in [0.25, 0.3) is 0 Å². The normalized spacial score (nSPS) is 20.8. The van der Waals surface area contributed by atoms with Gasteiger partial charge in [-0.15, -0.1) is 0 Å². The van der Waals surface area contributed by atoms with Crippen molar-refractivity contribution in [1.29, 1.82) is 0 Å². The Balaban J connectivity index is 2.00. The zero-order chi connectivity index (χ0) is 23.3. The molecule has 0 bridgehead atoms. The summed E-state index contributed by atoms with van der Waals surface area (Å²) >= 11 is -2.86. The van der Waals surface area contributed by atoms with Crippen molar-refractivity contribution in [3.63, 3.8) is 0 Å². The second-order valence-corrected chi connectivity index (χ2v) is 36.0. The summed E-state index contributed by atoms with van der Waals surface area (Å²) < 4.78 is 4.20. The third-order valence-corrected chi connectivity index (χ3v) is 51.4. The molecule has 2 unspecified atom stereocenters. The van der Waals surface area contributed by atoms with Crippen LogP contribution in [0.3, 0.4) is 0 Å². The molecule has 2 fully saturated rings. The van der Waals surface area contributed by atoms with E-state index in [2.05, 4.69) is 86.9 Å². The second-order valence-electron chi connectivity index (χ2n) is 11.9. The van der Waals surface area contributed by atoms with Crippen LogP contribution in [0.15, 0.2) is 60.7 Å². The molecule has 2 saturated carbocycles. The Kier molecular flexibility index (Phi) is 9.43. The van der Waals surface area contributed by atoms with E-state index >= 15 is 0 Å². The van der Waals surface area contributed by atoms with Crippen molar-refractivity contribution in [2.24, 2.45) is 0 Å². The molecule has 3 heteroatoms. The molecule has 0 spiro atoms. The standard InChI is InChI=1S/2C9H13Si.2C6H11.Sn/c2*1-10(2)8-9-6-4-3-5-7-9;2*1-2-4-6-5-3-1;/h2*3-8,10H,1-2H3;2*1H,2-6H2;. The summed E-state index contributed by atoms with van der Waals surface area (Å²) in [5.41, 5.74) is 3.56. The van der Waals surface area contributed by atoms with Crippen LogP contribution in [-0.4, -0.2) is 36.0 Å². The average molecular weight is 584 g/mol. The van der Waals surface area contributed by atoms with Crippen molar-refractivity contribution in [2.45, 2.75) is 105 Å². The van der Waals surface area contributed by atoms with E-state index in [1.807, 2.05) is 0 Å². The van der Waals surface area contributed by atoms with Crippen molar-refractivity contribution < 1.29 is 0 Å². The minimum absolute atomic E-state index is 0.884. The van der Waals surface area contributed by atoms with E-state index in [0.29, 0.717) is 0 Å². The first kappa shape index (κ1) is 25.8. The molecule has 2 atom stereocenters. The molecule has 0 heterocycles. The molecule has 0 radical (unpaired) electrons. The van der Waals surface area contributed by atoms with Gasteiger partial charge in [-0.1, -0.05) is 0 Å². The first-order valence-corrected chi connectivity index (χ1v) is 26.7. The maximum atomic E-state index is 2.74. The predicted octanol–water partition coefficient (Wildman–Crippen LogP) is 8.80. The van der Waals surface area contributed by atoms with Gasteiger partial charge >= 0.3 is 213 Å². The third-order valence-electron chi connectivity index (χ3n) is 9.35. The van der Waals surface area contributed by atoms with E-state index in [4.69, 9.17) is 0 Å². The van der Waals surface area contributed by atoms with Crippen LogP contribution in [-0.2, 0) is 0 Å². The number of benzene rings is 2. The molecule has 0 saturated heterocycles. The van der Waals surface area contributed by atoms with Crippen LogP contribution in [0.1, 0.15) is 82.4 Å². The van der Waals surface area contributed by atoms with Crippen molar-refractivity contribution in [3.05, 3.63) is 71.8 Å². The van der Waals surface area contributed by atoms with Crippen molar-refractivity contribution in [3.8, 4) is 0 Å². The van der Waals surface area contributed by atoms with Gasteiger partial charge in [-0.05, 0) is 0 Å². The van der Waals surface area contributed by atoms with Gasteiger partial charge in [-0.2, -0.15) is 0 Å². The molecular formula is C30H48Si2Sn. The molecule has 0 aliphatic heterocycles. The molecule has 0 aromatic heterocycles. The second kappa shape index (κ2) is 12.1. The van der Waals surface area contributed by atoms with E-state index in [1.165, 1.54) is 38.5 Å². The first-order valence-electron chi connectivity index (χ1n) is 14.2. The van der Waals surface area contributed by atoms with Crippen LogP contribution in [0.5, 0.6) is 0 Å². The Labute approximate surface area is 212 Å². The van der Waals surface area contributed by atoms with E-state index < -0.39 is 36.0 Å². The summed E-state index contributed by atoms with van der Waals surface area (Å²) in [5, 5.41) is 0. The molecule has 2 aliphatic rings. The summed E-state index contributed by atoms with van der Waals surface area (Å²) in [6.45, 7) is 10.9. The zero-order valence-corrected chi connectivity index (χ0v) is 27.0. The van der Waals surface area contributed by atoms with Gasteiger partial charge in [0.15, 0.2) is 0 Å².